The lowest BCUT2D eigenvalue weighted by atomic mass is 9.84. The summed E-state index contributed by atoms with van der Waals surface area (Å²) in [5.41, 5.74) is 0.308. The molecule has 0 bridgehead atoms. The standard InChI is InChI=1S/C21H43NO/c1-7-9-11-12-14-19(13-10-8-2)17-22-20(23)15-18(3)16-21(4,5)6/h18-19H,7-17H2,1-6H3,(H,22,23). The SMILES string of the molecule is CCCCCCC(CCCC)CNC(=O)CC(C)CC(C)(C)C. The Morgan fingerprint density at radius 1 is 0.957 bits per heavy atom. The topological polar surface area (TPSA) is 29.1 Å². The maximum Gasteiger partial charge on any atom is 0.220 e. The van der Waals surface area contributed by atoms with E-state index in [0.29, 0.717) is 23.7 Å². The molecule has 1 amide bonds. The van der Waals surface area contributed by atoms with Crippen LogP contribution in [0.15, 0.2) is 0 Å². The molecule has 2 heteroatoms. The highest BCUT2D eigenvalue weighted by atomic mass is 16.1. The zero-order chi connectivity index (χ0) is 17.7. The van der Waals surface area contributed by atoms with Gasteiger partial charge in [-0.2, -0.15) is 0 Å². The molecule has 0 fully saturated rings. The molecular formula is C21H43NO. The van der Waals surface area contributed by atoms with Gasteiger partial charge in [0, 0.05) is 13.0 Å². The Hall–Kier alpha value is -0.530. The van der Waals surface area contributed by atoms with Gasteiger partial charge in [0.25, 0.3) is 0 Å². The number of rotatable bonds is 13. The largest absolute Gasteiger partial charge is 0.356 e. The van der Waals surface area contributed by atoms with Crippen LogP contribution in [0.4, 0.5) is 0 Å². The molecule has 0 rings (SSSR count). The number of hydrogen-bond donors (Lipinski definition) is 1. The third kappa shape index (κ3) is 14.8. The highest BCUT2D eigenvalue weighted by Gasteiger charge is 2.18. The molecule has 23 heavy (non-hydrogen) atoms. The number of hydrogen-bond acceptors (Lipinski definition) is 1. The first kappa shape index (κ1) is 22.5. The molecule has 0 saturated heterocycles. The summed E-state index contributed by atoms with van der Waals surface area (Å²) >= 11 is 0. The van der Waals surface area contributed by atoms with Gasteiger partial charge in [-0.15, -0.1) is 0 Å². The summed E-state index contributed by atoms with van der Waals surface area (Å²) in [7, 11) is 0. The van der Waals surface area contributed by atoms with Crippen molar-refractivity contribution in [2.75, 3.05) is 6.54 Å². The summed E-state index contributed by atoms with van der Waals surface area (Å²) in [6, 6.07) is 0. The molecule has 0 aliphatic carbocycles. The van der Waals surface area contributed by atoms with Crippen molar-refractivity contribution in [3.05, 3.63) is 0 Å². The Kier molecular flexibility index (Phi) is 12.5. The summed E-state index contributed by atoms with van der Waals surface area (Å²) in [5.74, 6) is 1.39. The number of nitrogens with one attached hydrogen (secondary N) is 1. The van der Waals surface area contributed by atoms with Crippen LogP contribution in [-0.2, 0) is 4.79 Å². The van der Waals surface area contributed by atoms with Gasteiger partial charge >= 0.3 is 0 Å². The van der Waals surface area contributed by atoms with Crippen LogP contribution in [0.2, 0.25) is 0 Å². The molecule has 2 atom stereocenters. The molecule has 2 nitrogen and oxygen atoms in total. The lowest BCUT2D eigenvalue weighted by Crippen LogP contribution is -2.31. The quantitative estimate of drug-likeness (QED) is 0.393. The van der Waals surface area contributed by atoms with Crippen LogP contribution in [0.1, 0.15) is 106 Å². The van der Waals surface area contributed by atoms with E-state index in [9.17, 15) is 4.79 Å². The smallest absolute Gasteiger partial charge is 0.220 e. The predicted octanol–water partition coefficient (Wildman–Crippen LogP) is 6.34. The summed E-state index contributed by atoms with van der Waals surface area (Å²) < 4.78 is 0. The van der Waals surface area contributed by atoms with Gasteiger partial charge in [-0.05, 0) is 36.5 Å². The first-order valence-electron chi connectivity index (χ1n) is 10.0. The molecule has 0 saturated carbocycles. The second-order valence-electron chi connectivity index (χ2n) is 8.74. The second-order valence-corrected chi connectivity index (χ2v) is 8.74. The molecule has 0 aromatic carbocycles. The molecule has 0 aliphatic heterocycles. The summed E-state index contributed by atoms with van der Waals surface area (Å²) in [6.07, 6.45) is 12.2. The third-order valence-electron chi connectivity index (χ3n) is 4.51. The molecule has 0 heterocycles. The van der Waals surface area contributed by atoms with Gasteiger partial charge in [-0.25, -0.2) is 0 Å². The van der Waals surface area contributed by atoms with E-state index in [0.717, 1.165) is 13.0 Å². The highest BCUT2D eigenvalue weighted by Crippen LogP contribution is 2.25. The number of unbranched alkanes of at least 4 members (excludes halogenated alkanes) is 4. The van der Waals surface area contributed by atoms with Crippen molar-refractivity contribution in [1.82, 2.24) is 5.32 Å². The van der Waals surface area contributed by atoms with Crippen LogP contribution < -0.4 is 5.32 Å². The van der Waals surface area contributed by atoms with Crippen molar-refractivity contribution < 1.29 is 4.79 Å². The van der Waals surface area contributed by atoms with Crippen LogP contribution in [0.5, 0.6) is 0 Å². The van der Waals surface area contributed by atoms with Gasteiger partial charge in [0.2, 0.25) is 5.91 Å². The van der Waals surface area contributed by atoms with Crippen molar-refractivity contribution in [2.45, 2.75) is 106 Å². The average molecular weight is 326 g/mol. The van der Waals surface area contributed by atoms with E-state index in [4.69, 9.17) is 0 Å². The molecule has 0 aliphatic rings. The van der Waals surface area contributed by atoms with Crippen LogP contribution in [0, 0.1) is 17.3 Å². The molecule has 0 aromatic heterocycles. The molecule has 1 N–H and O–H groups in total. The van der Waals surface area contributed by atoms with Crippen LogP contribution >= 0.6 is 0 Å². The summed E-state index contributed by atoms with van der Waals surface area (Å²) in [6.45, 7) is 14.3. The van der Waals surface area contributed by atoms with E-state index in [-0.39, 0.29) is 5.91 Å². The van der Waals surface area contributed by atoms with Crippen LogP contribution in [0.25, 0.3) is 0 Å². The van der Waals surface area contributed by atoms with Gasteiger partial charge in [0.1, 0.15) is 0 Å². The van der Waals surface area contributed by atoms with Crippen molar-refractivity contribution in [2.24, 2.45) is 17.3 Å². The Morgan fingerprint density at radius 3 is 2.13 bits per heavy atom. The summed E-state index contributed by atoms with van der Waals surface area (Å²) in [4.78, 5) is 12.2. The maximum absolute atomic E-state index is 12.2. The van der Waals surface area contributed by atoms with E-state index in [1.54, 1.807) is 0 Å². The first-order valence-corrected chi connectivity index (χ1v) is 10.0. The first-order chi connectivity index (χ1) is 10.8. The van der Waals surface area contributed by atoms with E-state index < -0.39 is 0 Å². The molecule has 0 spiro atoms. The fraction of sp³-hybridized carbons (Fsp3) is 0.952. The third-order valence-corrected chi connectivity index (χ3v) is 4.51. The van der Waals surface area contributed by atoms with E-state index in [1.807, 2.05) is 0 Å². The van der Waals surface area contributed by atoms with Gasteiger partial charge < -0.3 is 5.32 Å². The Morgan fingerprint density at radius 2 is 1.57 bits per heavy atom. The monoisotopic (exact) mass is 325 g/mol. The zero-order valence-electron chi connectivity index (χ0n) is 16.8. The van der Waals surface area contributed by atoms with Gasteiger partial charge in [0.05, 0.1) is 0 Å². The number of amides is 1. The normalized spacial score (nSPS) is 14.5. The van der Waals surface area contributed by atoms with Crippen molar-refractivity contribution in [1.29, 1.82) is 0 Å². The minimum absolute atomic E-state index is 0.247. The van der Waals surface area contributed by atoms with Crippen molar-refractivity contribution >= 4 is 5.91 Å². The molecule has 0 aromatic rings. The number of carbonyl (C=O) groups is 1. The molecule has 138 valence electrons. The lowest BCUT2D eigenvalue weighted by molar-refractivity contribution is -0.122. The molecule has 0 radical (unpaired) electrons. The lowest BCUT2D eigenvalue weighted by Gasteiger charge is -2.23. The Labute approximate surface area is 146 Å². The fourth-order valence-corrected chi connectivity index (χ4v) is 3.47. The van der Waals surface area contributed by atoms with Gasteiger partial charge in [0.15, 0.2) is 0 Å². The van der Waals surface area contributed by atoms with Crippen LogP contribution in [-0.4, -0.2) is 12.5 Å². The van der Waals surface area contributed by atoms with E-state index in [2.05, 4.69) is 46.9 Å². The second kappa shape index (κ2) is 12.8. The van der Waals surface area contributed by atoms with Crippen LogP contribution in [0.3, 0.4) is 0 Å². The predicted molar refractivity (Wildman–Crippen MR) is 103 cm³/mol. The zero-order valence-corrected chi connectivity index (χ0v) is 16.8. The molecular weight excluding hydrogens is 282 g/mol. The Balaban J connectivity index is 4.08. The minimum atomic E-state index is 0.247. The molecule has 2 unspecified atom stereocenters. The van der Waals surface area contributed by atoms with Gasteiger partial charge in [-0.1, -0.05) is 80.1 Å². The van der Waals surface area contributed by atoms with E-state index >= 15 is 0 Å². The highest BCUT2D eigenvalue weighted by molar-refractivity contribution is 5.76. The average Bonchev–Trinajstić information content (AvgIpc) is 2.43. The maximum atomic E-state index is 12.2. The number of carbonyl (C=O) groups excluding carboxylic acids is 1. The van der Waals surface area contributed by atoms with Crippen molar-refractivity contribution in [3.8, 4) is 0 Å². The fourth-order valence-electron chi connectivity index (χ4n) is 3.47. The minimum Gasteiger partial charge on any atom is -0.356 e. The van der Waals surface area contributed by atoms with E-state index in [1.165, 1.54) is 51.4 Å². The Bertz CT molecular complexity index is 293. The van der Waals surface area contributed by atoms with Gasteiger partial charge in [-0.3, -0.25) is 4.79 Å². The summed E-state index contributed by atoms with van der Waals surface area (Å²) in [5, 5.41) is 3.21. The van der Waals surface area contributed by atoms with Crippen molar-refractivity contribution in [3.63, 3.8) is 0 Å².